The fraction of sp³-hybridized carbons (Fsp3) is 0.105. The minimum Gasteiger partial charge on any atom is -0.350 e. The van der Waals surface area contributed by atoms with E-state index in [1.807, 2.05) is 69.9 Å². The lowest BCUT2D eigenvalue weighted by molar-refractivity contribution is -0.118. The molecule has 1 amide bonds. The molecule has 3 aromatic heterocycles. The summed E-state index contributed by atoms with van der Waals surface area (Å²) in [5.74, 6) is 1.06. The Morgan fingerprint density at radius 2 is 1.81 bits per heavy atom. The second-order valence-corrected chi connectivity index (χ2v) is 8.52. The number of carbonyl (C=O) groups is 1. The van der Waals surface area contributed by atoms with Crippen molar-refractivity contribution in [1.82, 2.24) is 20.1 Å². The Kier molecular flexibility index (Phi) is 5.66. The van der Waals surface area contributed by atoms with Crippen LogP contribution in [0.3, 0.4) is 0 Å². The number of hydrogen-bond donors (Lipinski definition) is 1. The Morgan fingerprint density at radius 1 is 1.00 bits per heavy atom. The molecule has 4 rings (SSSR count). The Bertz CT molecular complexity index is 995. The van der Waals surface area contributed by atoms with Gasteiger partial charge in [-0.1, -0.05) is 42.1 Å². The smallest absolute Gasteiger partial charge is 0.230 e. The molecule has 0 saturated heterocycles. The van der Waals surface area contributed by atoms with Crippen LogP contribution >= 0.6 is 34.4 Å². The number of aromatic nitrogens is 3. The summed E-state index contributed by atoms with van der Waals surface area (Å²) in [6, 6.07) is 18.0. The van der Waals surface area contributed by atoms with Gasteiger partial charge in [0.2, 0.25) is 5.91 Å². The van der Waals surface area contributed by atoms with Gasteiger partial charge in [-0.25, -0.2) is 0 Å². The summed E-state index contributed by atoms with van der Waals surface area (Å²) in [6.45, 7) is 0.558. The molecular weight excluding hydrogens is 396 g/mol. The molecular formula is C19H16N4OS3. The summed E-state index contributed by atoms with van der Waals surface area (Å²) in [4.78, 5) is 14.4. The van der Waals surface area contributed by atoms with Gasteiger partial charge in [0.1, 0.15) is 0 Å². The van der Waals surface area contributed by atoms with Crippen LogP contribution in [-0.4, -0.2) is 26.4 Å². The Hall–Kier alpha value is -2.42. The second-order valence-electron chi connectivity index (χ2n) is 5.60. The molecule has 0 atom stereocenters. The van der Waals surface area contributed by atoms with Gasteiger partial charge >= 0.3 is 0 Å². The number of thiophene rings is 2. The fourth-order valence-electron chi connectivity index (χ4n) is 2.52. The molecule has 0 saturated carbocycles. The zero-order valence-corrected chi connectivity index (χ0v) is 16.7. The van der Waals surface area contributed by atoms with E-state index in [9.17, 15) is 4.79 Å². The third-order valence-corrected chi connectivity index (χ3v) is 6.43. The molecule has 27 heavy (non-hydrogen) atoms. The summed E-state index contributed by atoms with van der Waals surface area (Å²) < 4.78 is 2.00. The van der Waals surface area contributed by atoms with E-state index in [1.54, 1.807) is 22.7 Å². The highest BCUT2D eigenvalue weighted by Gasteiger charge is 2.17. The molecule has 0 aliphatic heterocycles. The van der Waals surface area contributed by atoms with Crippen molar-refractivity contribution in [2.75, 3.05) is 5.75 Å². The number of hydrogen-bond acceptors (Lipinski definition) is 6. The first-order valence-electron chi connectivity index (χ1n) is 8.28. The first-order chi connectivity index (χ1) is 13.3. The predicted octanol–water partition coefficient (Wildman–Crippen LogP) is 4.47. The maximum atomic E-state index is 12.2. The van der Waals surface area contributed by atoms with E-state index in [-0.39, 0.29) is 5.91 Å². The van der Waals surface area contributed by atoms with Crippen molar-refractivity contribution < 1.29 is 4.79 Å². The van der Waals surface area contributed by atoms with Gasteiger partial charge in [0, 0.05) is 10.6 Å². The van der Waals surface area contributed by atoms with Crippen LogP contribution in [-0.2, 0) is 11.3 Å². The molecule has 4 aromatic rings. The van der Waals surface area contributed by atoms with Gasteiger partial charge in [-0.2, -0.15) is 0 Å². The molecule has 0 spiro atoms. The van der Waals surface area contributed by atoms with Gasteiger partial charge in [0.05, 0.1) is 17.2 Å². The predicted molar refractivity (Wildman–Crippen MR) is 112 cm³/mol. The third-order valence-electron chi connectivity index (χ3n) is 3.76. The van der Waals surface area contributed by atoms with Crippen LogP contribution in [0.5, 0.6) is 0 Å². The SMILES string of the molecule is O=C(CSc1nnc(-c2cccs2)n1-c1ccccc1)NCc1cccs1. The van der Waals surface area contributed by atoms with Crippen LogP contribution in [0.25, 0.3) is 16.4 Å². The van der Waals surface area contributed by atoms with Gasteiger partial charge < -0.3 is 5.32 Å². The van der Waals surface area contributed by atoms with E-state index in [1.165, 1.54) is 11.8 Å². The molecule has 3 heterocycles. The third kappa shape index (κ3) is 4.29. The van der Waals surface area contributed by atoms with Crippen LogP contribution < -0.4 is 5.32 Å². The maximum Gasteiger partial charge on any atom is 0.230 e. The summed E-state index contributed by atoms with van der Waals surface area (Å²) in [5, 5.41) is 16.4. The van der Waals surface area contributed by atoms with Gasteiger partial charge in [0.25, 0.3) is 0 Å². The van der Waals surface area contributed by atoms with Gasteiger partial charge in [-0.05, 0) is 35.0 Å². The standard InChI is InChI=1S/C19H16N4OS3/c24-17(20-12-15-8-4-10-25-15)13-27-19-22-21-18(16-9-5-11-26-16)23(19)14-6-2-1-3-7-14/h1-11H,12-13H2,(H,20,24). The van der Waals surface area contributed by atoms with Crippen LogP contribution in [0.2, 0.25) is 0 Å². The zero-order chi connectivity index (χ0) is 18.5. The number of nitrogens with one attached hydrogen (secondary N) is 1. The molecule has 8 heteroatoms. The van der Waals surface area contributed by atoms with Crippen LogP contribution in [0.15, 0.2) is 70.5 Å². The summed E-state index contributed by atoms with van der Waals surface area (Å²) in [6.07, 6.45) is 0. The normalized spacial score (nSPS) is 10.8. The average Bonchev–Trinajstić information content (AvgIpc) is 3.46. The van der Waals surface area contributed by atoms with E-state index in [2.05, 4.69) is 15.5 Å². The van der Waals surface area contributed by atoms with Gasteiger partial charge in [-0.15, -0.1) is 32.9 Å². The Balaban J connectivity index is 1.51. The lowest BCUT2D eigenvalue weighted by Gasteiger charge is -2.09. The van der Waals surface area contributed by atoms with Crippen molar-refractivity contribution in [2.24, 2.45) is 0 Å². The molecule has 1 aromatic carbocycles. The number of thioether (sulfide) groups is 1. The average molecular weight is 413 g/mol. The second kappa shape index (κ2) is 8.51. The Labute approximate surface area is 169 Å². The molecule has 136 valence electrons. The number of carbonyl (C=O) groups excluding carboxylic acids is 1. The molecule has 1 N–H and O–H groups in total. The minimum absolute atomic E-state index is 0.0197. The van der Waals surface area contributed by atoms with E-state index < -0.39 is 0 Å². The summed E-state index contributed by atoms with van der Waals surface area (Å²) in [7, 11) is 0. The molecule has 0 fully saturated rings. The summed E-state index contributed by atoms with van der Waals surface area (Å²) in [5.41, 5.74) is 0.979. The number of amides is 1. The van der Waals surface area contributed by atoms with Crippen molar-refractivity contribution in [1.29, 1.82) is 0 Å². The van der Waals surface area contributed by atoms with Gasteiger partial charge in [0.15, 0.2) is 11.0 Å². The molecule has 0 aliphatic carbocycles. The molecule has 0 bridgehead atoms. The van der Waals surface area contributed by atoms with E-state index >= 15 is 0 Å². The molecule has 0 radical (unpaired) electrons. The number of para-hydroxylation sites is 1. The van der Waals surface area contributed by atoms with E-state index in [0.29, 0.717) is 17.5 Å². The van der Waals surface area contributed by atoms with Crippen molar-refractivity contribution in [3.8, 4) is 16.4 Å². The highest BCUT2D eigenvalue weighted by molar-refractivity contribution is 7.99. The van der Waals surface area contributed by atoms with Crippen LogP contribution in [0.4, 0.5) is 0 Å². The van der Waals surface area contributed by atoms with Crippen LogP contribution in [0, 0.1) is 0 Å². The lowest BCUT2D eigenvalue weighted by atomic mass is 10.3. The van der Waals surface area contributed by atoms with Gasteiger partial charge in [-0.3, -0.25) is 9.36 Å². The van der Waals surface area contributed by atoms with E-state index in [0.717, 1.165) is 21.3 Å². The fourth-order valence-corrected chi connectivity index (χ4v) is 4.64. The Morgan fingerprint density at radius 3 is 2.56 bits per heavy atom. The first kappa shape index (κ1) is 18.0. The molecule has 0 aliphatic rings. The lowest BCUT2D eigenvalue weighted by Crippen LogP contribution is -2.24. The number of nitrogens with zero attached hydrogens (tertiary/aromatic N) is 3. The molecule has 0 unspecified atom stereocenters. The van der Waals surface area contributed by atoms with Crippen molar-refractivity contribution in [2.45, 2.75) is 11.7 Å². The maximum absolute atomic E-state index is 12.2. The zero-order valence-electron chi connectivity index (χ0n) is 14.2. The quantitative estimate of drug-likeness (QED) is 0.455. The van der Waals surface area contributed by atoms with Crippen molar-refractivity contribution in [3.63, 3.8) is 0 Å². The van der Waals surface area contributed by atoms with Crippen molar-refractivity contribution >= 4 is 40.3 Å². The minimum atomic E-state index is -0.0197. The first-order valence-corrected chi connectivity index (χ1v) is 11.0. The van der Waals surface area contributed by atoms with Crippen LogP contribution in [0.1, 0.15) is 4.88 Å². The number of rotatable bonds is 7. The highest BCUT2D eigenvalue weighted by Crippen LogP contribution is 2.30. The summed E-state index contributed by atoms with van der Waals surface area (Å²) >= 11 is 4.64. The topological polar surface area (TPSA) is 59.8 Å². The largest absolute Gasteiger partial charge is 0.350 e. The number of benzene rings is 1. The van der Waals surface area contributed by atoms with Crippen molar-refractivity contribution in [3.05, 3.63) is 70.2 Å². The highest BCUT2D eigenvalue weighted by atomic mass is 32.2. The molecule has 5 nitrogen and oxygen atoms in total. The van der Waals surface area contributed by atoms with E-state index in [4.69, 9.17) is 0 Å². The monoisotopic (exact) mass is 412 g/mol.